The van der Waals surface area contributed by atoms with Gasteiger partial charge in [-0.15, -0.1) is 0 Å². The van der Waals surface area contributed by atoms with Crippen LogP contribution in [0.25, 0.3) is 0 Å². The number of fused-ring (bicyclic) bond motifs is 1. The molecule has 2 unspecified atom stereocenters. The molecule has 2 saturated heterocycles. The van der Waals surface area contributed by atoms with E-state index < -0.39 is 18.2 Å². The van der Waals surface area contributed by atoms with Crippen molar-refractivity contribution >= 4 is 17.9 Å². The fraction of sp³-hybridized carbons (Fsp3) is 0.429. The Morgan fingerprint density at radius 2 is 2.00 bits per heavy atom. The van der Waals surface area contributed by atoms with Crippen LogP contribution >= 0.6 is 0 Å². The number of aromatic nitrogens is 2. The minimum absolute atomic E-state index is 0.312. The molecule has 1 aromatic heterocycles. The highest BCUT2D eigenvalue weighted by atomic mass is 16.5. The maximum Gasteiger partial charge on any atom is 0.325 e. The molecule has 2 N–H and O–H groups in total. The highest BCUT2D eigenvalue weighted by molar-refractivity contribution is 6.04. The number of amides is 3. The first kappa shape index (κ1) is 20.7. The van der Waals surface area contributed by atoms with E-state index in [0.29, 0.717) is 32.1 Å². The quantitative estimate of drug-likeness (QED) is 0.578. The van der Waals surface area contributed by atoms with E-state index in [2.05, 4.69) is 15.6 Å². The van der Waals surface area contributed by atoms with Crippen LogP contribution in [-0.2, 0) is 11.3 Å². The lowest BCUT2D eigenvalue weighted by Crippen LogP contribution is -2.64. The van der Waals surface area contributed by atoms with E-state index in [0.717, 1.165) is 18.7 Å². The van der Waals surface area contributed by atoms with Gasteiger partial charge in [0.25, 0.3) is 5.91 Å². The second-order valence-corrected chi connectivity index (χ2v) is 7.51. The van der Waals surface area contributed by atoms with Gasteiger partial charge in [0.1, 0.15) is 11.9 Å². The van der Waals surface area contributed by atoms with Crippen LogP contribution in [0.1, 0.15) is 12.8 Å². The Hall–Kier alpha value is -3.56. The molecule has 3 amide bonds. The Bertz CT molecular complexity index is 916. The second kappa shape index (κ2) is 9.50. The molecule has 1 aromatic carbocycles. The molecular formula is C21H27N7O3. The fourth-order valence-electron chi connectivity index (χ4n) is 3.76. The number of aliphatic imine (C=N–C) groups is 1. The van der Waals surface area contributed by atoms with Gasteiger partial charge >= 0.3 is 6.03 Å². The molecule has 10 nitrogen and oxygen atoms in total. The molecule has 2 aromatic rings. The van der Waals surface area contributed by atoms with Gasteiger partial charge in [0.2, 0.25) is 0 Å². The van der Waals surface area contributed by atoms with Crippen molar-refractivity contribution in [3.8, 4) is 5.75 Å². The summed E-state index contributed by atoms with van der Waals surface area (Å²) >= 11 is 0. The monoisotopic (exact) mass is 425 g/mol. The van der Waals surface area contributed by atoms with Crippen molar-refractivity contribution in [2.24, 2.45) is 4.99 Å². The average Bonchev–Trinajstić information content (AvgIpc) is 3.42. The summed E-state index contributed by atoms with van der Waals surface area (Å²) in [5.41, 5.74) is 0. The highest BCUT2D eigenvalue weighted by Gasteiger charge is 2.49. The first-order valence-electron chi connectivity index (χ1n) is 10.4. The van der Waals surface area contributed by atoms with E-state index in [-0.39, 0.29) is 5.91 Å². The Morgan fingerprint density at radius 1 is 1.16 bits per heavy atom. The number of urea groups is 1. The Labute approximate surface area is 180 Å². The zero-order chi connectivity index (χ0) is 21.6. The van der Waals surface area contributed by atoms with Gasteiger partial charge in [0, 0.05) is 39.1 Å². The number of nitrogens with zero attached hydrogens (tertiary/aromatic N) is 5. The van der Waals surface area contributed by atoms with Gasteiger partial charge in [0.15, 0.2) is 12.0 Å². The number of likely N-dealkylation sites (N-methyl/N-ethyl adjacent to an activating group) is 1. The van der Waals surface area contributed by atoms with Crippen LogP contribution in [0.4, 0.5) is 4.79 Å². The summed E-state index contributed by atoms with van der Waals surface area (Å²) in [5, 5.41) is 5.69. The molecule has 0 bridgehead atoms. The van der Waals surface area contributed by atoms with Gasteiger partial charge in [-0.2, -0.15) is 0 Å². The summed E-state index contributed by atoms with van der Waals surface area (Å²) < 4.78 is 7.78. The number of aryl methyl sites for hydroxylation is 1. The predicted molar refractivity (Wildman–Crippen MR) is 114 cm³/mol. The van der Waals surface area contributed by atoms with Crippen molar-refractivity contribution < 1.29 is 14.3 Å². The Morgan fingerprint density at radius 3 is 2.77 bits per heavy atom. The minimum Gasteiger partial charge on any atom is -0.494 e. The molecule has 3 heterocycles. The average molecular weight is 425 g/mol. The van der Waals surface area contributed by atoms with Crippen LogP contribution in [0, 0.1) is 0 Å². The first-order valence-corrected chi connectivity index (χ1v) is 10.4. The van der Waals surface area contributed by atoms with Crippen LogP contribution in [0.15, 0.2) is 54.0 Å². The molecule has 31 heavy (non-hydrogen) atoms. The van der Waals surface area contributed by atoms with E-state index in [1.807, 2.05) is 46.0 Å². The number of guanidine groups is 1. The molecular weight excluding hydrogens is 398 g/mol. The molecule has 0 aliphatic carbocycles. The number of imidazole rings is 1. The van der Waals surface area contributed by atoms with Crippen LogP contribution in [0.2, 0.25) is 0 Å². The number of hydrogen-bond acceptors (Lipinski definition) is 5. The lowest BCUT2D eigenvalue weighted by Gasteiger charge is -2.35. The van der Waals surface area contributed by atoms with E-state index in [4.69, 9.17) is 9.73 Å². The number of ether oxygens (including phenoxy) is 1. The van der Waals surface area contributed by atoms with Crippen LogP contribution < -0.4 is 15.4 Å². The summed E-state index contributed by atoms with van der Waals surface area (Å²) in [5.74, 6) is 1.14. The summed E-state index contributed by atoms with van der Waals surface area (Å²) in [6.45, 7) is 2.50. The standard InChI is InChI=1S/C21H27N7O3/c1-26-18-17(19(29)25-21(26)30)28(12-6-14-31-16-7-3-2-4-8-16)20(24-18)23-9-5-11-27-13-10-22-15-27/h2-4,7-8,10,13,15,17-18H,5-6,9,11-12,14H2,1H3,(H,23,24)(H,25,29,30). The van der Waals surface area contributed by atoms with Crippen molar-refractivity contribution in [2.45, 2.75) is 31.6 Å². The van der Waals surface area contributed by atoms with Crippen molar-refractivity contribution in [3.05, 3.63) is 49.1 Å². The summed E-state index contributed by atoms with van der Waals surface area (Å²) in [7, 11) is 1.67. The van der Waals surface area contributed by atoms with Crippen molar-refractivity contribution in [2.75, 3.05) is 26.7 Å². The normalized spacial score (nSPS) is 21.8. The summed E-state index contributed by atoms with van der Waals surface area (Å²) in [6, 6.07) is 8.69. The Balaban J connectivity index is 1.39. The predicted octanol–water partition coefficient (Wildman–Crippen LogP) is 0.880. The van der Waals surface area contributed by atoms with Gasteiger partial charge in [-0.3, -0.25) is 15.1 Å². The van der Waals surface area contributed by atoms with Crippen molar-refractivity contribution in [1.82, 2.24) is 30.0 Å². The van der Waals surface area contributed by atoms with Crippen LogP contribution in [-0.4, -0.2) is 76.2 Å². The number of para-hydroxylation sites is 1. The molecule has 4 rings (SSSR count). The number of hydrogen-bond donors (Lipinski definition) is 2. The van der Waals surface area contributed by atoms with Gasteiger partial charge in [-0.1, -0.05) is 18.2 Å². The zero-order valence-electron chi connectivity index (χ0n) is 17.5. The zero-order valence-corrected chi connectivity index (χ0v) is 17.5. The SMILES string of the molecule is CN1C(=O)NC(=O)C2C1NC(=NCCCn1ccnc1)N2CCCOc1ccccc1. The molecule has 2 aliphatic heterocycles. The maximum absolute atomic E-state index is 12.6. The molecule has 2 atom stereocenters. The van der Waals surface area contributed by atoms with Crippen molar-refractivity contribution in [1.29, 1.82) is 0 Å². The topological polar surface area (TPSA) is 104 Å². The number of imide groups is 1. The highest BCUT2D eigenvalue weighted by Crippen LogP contribution is 2.21. The summed E-state index contributed by atoms with van der Waals surface area (Å²) in [6.07, 6.45) is 6.55. The molecule has 0 radical (unpaired) electrons. The van der Waals surface area contributed by atoms with E-state index in [1.54, 1.807) is 19.6 Å². The van der Waals surface area contributed by atoms with Gasteiger partial charge in [-0.05, 0) is 25.0 Å². The Kier molecular flexibility index (Phi) is 6.34. The third-order valence-electron chi connectivity index (χ3n) is 5.37. The third kappa shape index (κ3) is 4.79. The van der Waals surface area contributed by atoms with E-state index in [1.165, 1.54) is 4.90 Å². The number of nitrogens with one attached hydrogen (secondary N) is 2. The fourth-order valence-corrected chi connectivity index (χ4v) is 3.76. The number of rotatable bonds is 9. The number of carbonyl (C=O) groups is 2. The molecule has 0 spiro atoms. The largest absolute Gasteiger partial charge is 0.494 e. The van der Waals surface area contributed by atoms with Crippen molar-refractivity contribution in [3.63, 3.8) is 0 Å². The lowest BCUT2D eigenvalue weighted by atomic mass is 10.1. The number of benzene rings is 1. The van der Waals surface area contributed by atoms with Gasteiger partial charge in [-0.25, -0.2) is 9.78 Å². The molecule has 164 valence electrons. The van der Waals surface area contributed by atoms with Gasteiger partial charge < -0.3 is 24.4 Å². The maximum atomic E-state index is 12.6. The third-order valence-corrected chi connectivity index (χ3v) is 5.37. The molecule has 10 heteroatoms. The molecule has 2 fully saturated rings. The number of carbonyl (C=O) groups excluding carboxylic acids is 2. The molecule has 2 aliphatic rings. The summed E-state index contributed by atoms with van der Waals surface area (Å²) in [4.78, 5) is 36.8. The second-order valence-electron chi connectivity index (χ2n) is 7.51. The minimum atomic E-state index is -0.521. The smallest absolute Gasteiger partial charge is 0.325 e. The molecule has 0 saturated carbocycles. The van der Waals surface area contributed by atoms with E-state index >= 15 is 0 Å². The first-order chi connectivity index (χ1) is 15.1. The van der Waals surface area contributed by atoms with E-state index in [9.17, 15) is 9.59 Å². The lowest BCUT2D eigenvalue weighted by molar-refractivity contribution is -0.127. The van der Waals surface area contributed by atoms with Crippen LogP contribution in [0.5, 0.6) is 5.75 Å². The van der Waals surface area contributed by atoms with Crippen LogP contribution in [0.3, 0.4) is 0 Å². The van der Waals surface area contributed by atoms with Gasteiger partial charge in [0.05, 0.1) is 12.9 Å².